The van der Waals surface area contributed by atoms with Gasteiger partial charge in [-0.25, -0.2) is 0 Å². The molecule has 0 saturated carbocycles. The lowest BCUT2D eigenvalue weighted by Crippen LogP contribution is -2.51. The van der Waals surface area contributed by atoms with Crippen molar-refractivity contribution in [3.05, 3.63) is 106 Å². The molecule has 0 unspecified atom stereocenters. The van der Waals surface area contributed by atoms with Gasteiger partial charge >= 0.3 is 0 Å². The minimum atomic E-state index is -0.674. The summed E-state index contributed by atoms with van der Waals surface area (Å²) >= 11 is 12.4. The highest BCUT2D eigenvalue weighted by Crippen LogP contribution is 2.24. The molecule has 1 N–H and O–H groups in total. The van der Waals surface area contributed by atoms with Crippen molar-refractivity contribution in [3.63, 3.8) is 0 Å². The Hall–Kier alpha value is -2.82. The van der Waals surface area contributed by atoms with Gasteiger partial charge in [-0.1, -0.05) is 104 Å². The Morgan fingerprint density at radius 3 is 2.03 bits per heavy atom. The molecule has 178 valence electrons. The van der Waals surface area contributed by atoms with Gasteiger partial charge in [0.25, 0.3) is 0 Å². The number of halogens is 2. The SMILES string of the molecule is CC(C)CNC(=O)[C@H](Cc1ccccc1)N(Cc1ccc(Cl)c(Cl)c1)C(=O)Cc1ccccc1. The quantitative estimate of drug-likeness (QED) is 0.377. The summed E-state index contributed by atoms with van der Waals surface area (Å²) in [6, 6.07) is 23.9. The molecule has 2 amide bonds. The van der Waals surface area contributed by atoms with E-state index in [1.165, 1.54) is 0 Å². The molecule has 0 radical (unpaired) electrons. The fraction of sp³-hybridized carbons (Fsp3) is 0.286. The zero-order chi connectivity index (χ0) is 24.5. The number of rotatable bonds is 10. The van der Waals surface area contributed by atoms with Crippen LogP contribution in [-0.4, -0.2) is 29.3 Å². The van der Waals surface area contributed by atoms with Crippen molar-refractivity contribution in [2.75, 3.05) is 6.54 Å². The first-order valence-corrected chi connectivity index (χ1v) is 12.2. The fourth-order valence-electron chi connectivity index (χ4n) is 3.68. The molecular weight excluding hydrogens is 467 g/mol. The highest BCUT2D eigenvalue weighted by Gasteiger charge is 2.30. The van der Waals surface area contributed by atoms with Crippen LogP contribution in [0, 0.1) is 5.92 Å². The van der Waals surface area contributed by atoms with Crippen LogP contribution in [0.2, 0.25) is 10.0 Å². The molecule has 3 aromatic carbocycles. The number of carbonyl (C=O) groups excluding carboxylic acids is 2. The predicted molar refractivity (Wildman–Crippen MR) is 139 cm³/mol. The molecule has 0 aliphatic heterocycles. The van der Waals surface area contributed by atoms with E-state index >= 15 is 0 Å². The van der Waals surface area contributed by atoms with Crippen molar-refractivity contribution in [1.82, 2.24) is 10.2 Å². The molecule has 0 aliphatic carbocycles. The van der Waals surface area contributed by atoms with Crippen LogP contribution in [0.5, 0.6) is 0 Å². The van der Waals surface area contributed by atoms with Gasteiger partial charge in [-0.15, -0.1) is 0 Å². The summed E-state index contributed by atoms with van der Waals surface area (Å²) in [6.45, 7) is 4.87. The highest BCUT2D eigenvalue weighted by atomic mass is 35.5. The van der Waals surface area contributed by atoms with Crippen molar-refractivity contribution in [2.45, 2.75) is 39.3 Å². The number of benzene rings is 3. The first kappa shape index (κ1) is 25.8. The molecule has 6 heteroatoms. The van der Waals surface area contributed by atoms with Crippen molar-refractivity contribution in [3.8, 4) is 0 Å². The van der Waals surface area contributed by atoms with E-state index in [0.717, 1.165) is 16.7 Å². The van der Waals surface area contributed by atoms with Crippen LogP contribution in [0.4, 0.5) is 0 Å². The van der Waals surface area contributed by atoms with Gasteiger partial charge in [-0.3, -0.25) is 9.59 Å². The maximum absolute atomic E-state index is 13.6. The van der Waals surface area contributed by atoms with Gasteiger partial charge in [0.15, 0.2) is 0 Å². The second-order valence-electron chi connectivity index (χ2n) is 8.78. The number of nitrogens with one attached hydrogen (secondary N) is 1. The van der Waals surface area contributed by atoms with Gasteiger partial charge in [0.2, 0.25) is 11.8 Å². The Morgan fingerprint density at radius 2 is 1.44 bits per heavy atom. The summed E-state index contributed by atoms with van der Waals surface area (Å²) < 4.78 is 0. The summed E-state index contributed by atoms with van der Waals surface area (Å²) in [7, 11) is 0. The number of hydrogen-bond acceptors (Lipinski definition) is 2. The monoisotopic (exact) mass is 496 g/mol. The second kappa shape index (κ2) is 12.6. The van der Waals surface area contributed by atoms with E-state index in [9.17, 15) is 9.59 Å². The lowest BCUT2D eigenvalue weighted by molar-refractivity contribution is -0.140. The van der Waals surface area contributed by atoms with Crippen LogP contribution >= 0.6 is 23.2 Å². The normalized spacial score (nSPS) is 11.8. The van der Waals surface area contributed by atoms with Gasteiger partial charge in [0, 0.05) is 19.5 Å². The van der Waals surface area contributed by atoms with Crippen molar-refractivity contribution < 1.29 is 9.59 Å². The molecule has 0 aromatic heterocycles. The highest BCUT2D eigenvalue weighted by molar-refractivity contribution is 6.42. The first-order chi connectivity index (χ1) is 16.3. The topological polar surface area (TPSA) is 49.4 Å². The average molecular weight is 497 g/mol. The molecule has 0 saturated heterocycles. The Balaban J connectivity index is 1.96. The van der Waals surface area contributed by atoms with Crippen LogP contribution in [0.15, 0.2) is 78.9 Å². The largest absolute Gasteiger partial charge is 0.354 e. The molecule has 0 fully saturated rings. The van der Waals surface area contributed by atoms with Crippen LogP contribution in [0.3, 0.4) is 0 Å². The van der Waals surface area contributed by atoms with E-state index in [1.807, 2.05) is 80.6 Å². The predicted octanol–water partition coefficient (Wildman–Crippen LogP) is 5.95. The van der Waals surface area contributed by atoms with Crippen LogP contribution in [0.1, 0.15) is 30.5 Å². The third kappa shape index (κ3) is 7.61. The molecule has 0 bridgehead atoms. The molecule has 3 aromatic rings. The molecule has 34 heavy (non-hydrogen) atoms. The molecule has 0 heterocycles. The van der Waals surface area contributed by atoms with Gasteiger partial charge in [-0.2, -0.15) is 0 Å². The first-order valence-electron chi connectivity index (χ1n) is 11.4. The minimum absolute atomic E-state index is 0.127. The maximum atomic E-state index is 13.6. The fourth-order valence-corrected chi connectivity index (χ4v) is 4.00. The second-order valence-corrected chi connectivity index (χ2v) is 9.59. The lowest BCUT2D eigenvalue weighted by atomic mass is 10.0. The van der Waals surface area contributed by atoms with Crippen LogP contribution in [-0.2, 0) is 29.0 Å². The number of nitrogens with zero attached hydrogens (tertiary/aromatic N) is 1. The summed E-state index contributed by atoms with van der Waals surface area (Å²) in [6.07, 6.45) is 0.609. The molecule has 3 rings (SSSR count). The Bertz CT molecular complexity index is 1090. The molecule has 4 nitrogen and oxygen atoms in total. The van der Waals surface area contributed by atoms with E-state index in [-0.39, 0.29) is 24.8 Å². The van der Waals surface area contributed by atoms with E-state index in [1.54, 1.807) is 17.0 Å². The Labute approximate surface area is 211 Å². The van der Waals surface area contributed by atoms with Crippen LogP contribution in [0.25, 0.3) is 0 Å². The van der Waals surface area contributed by atoms with Gasteiger partial charge < -0.3 is 10.2 Å². The van der Waals surface area contributed by atoms with E-state index < -0.39 is 6.04 Å². The maximum Gasteiger partial charge on any atom is 0.243 e. The third-order valence-electron chi connectivity index (χ3n) is 5.49. The number of hydrogen-bond donors (Lipinski definition) is 1. The van der Waals surface area contributed by atoms with Gasteiger partial charge in [0.05, 0.1) is 16.5 Å². The smallest absolute Gasteiger partial charge is 0.243 e. The third-order valence-corrected chi connectivity index (χ3v) is 6.23. The molecule has 0 spiro atoms. The average Bonchev–Trinajstić information content (AvgIpc) is 2.83. The van der Waals surface area contributed by atoms with E-state index in [4.69, 9.17) is 23.2 Å². The summed E-state index contributed by atoms with van der Waals surface area (Å²) in [4.78, 5) is 28.7. The number of amides is 2. The van der Waals surface area contributed by atoms with Crippen molar-refractivity contribution in [2.24, 2.45) is 5.92 Å². The zero-order valence-corrected chi connectivity index (χ0v) is 21.0. The molecule has 1 atom stereocenters. The van der Waals surface area contributed by atoms with Crippen molar-refractivity contribution in [1.29, 1.82) is 0 Å². The van der Waals surface area contributed by atoms with Gasteiger partial charge in [0.1, 0.15) is 6.04 Å². The van der Waals surface area contributed by atoms with E-state index in [2.05, 4.69) is 5.32 Å². The molecular formula is C28H30Cl2N2O2. The molecule has 0 aliphatic rings. The van der Waals surface area contributed by atoms with Crippen LogP contribution < -0.4 is 5.32 Å². The Morgan fingerprint density at radius 1 is 0.824 bits per heavy atom. The summed E-state index contributed by atoms with van der Waals surface area (Å²) in [5.74, 6) is 0.00166. The minimum Gasteiger partial charge on any atom is -0.354 e. The van der Waals surface area contributed by atoms with Gasteiger partial charge in [-0.05, 0) is 34.7 Å². The summed E-state index contributed by atoms with van der Waals surface area (Å²) in [5, 5.41) is 3.89. The standard InChI is InChI=1S/C28H30Cl2N2O2/c1-20(2)18-31-28(34)26(16-21-9-5-3-6-10-21)32(19-23-13-14-24(29)25(30)15-23)27(33)17-22-11-7-4-8-12-22/h3-15,20,26H,16-19H2,1-2H3,(H,31,34)/t26-/m0/s1. The summed E-state index contributed by atoms with van der Waals surface area (Å²) in [5.41, 5.74) is 2.69. The number of carbonyl (C=O) groups is 2. The lowest BCUT2D eigenvalue weighted by Gasteiger charge is -2.32. The van der Waals surface area contributed by atoms with E-state index in [0.29, 0.717) is 28.9 Å². The Kier molecular flexibility index (Phi) is 9.55. The van der Waals surface area contributed by atoms with Crippen molar-refractivity contribution >= 4 is 35.0 Å². The zero-order valence-electron chi connectivity index (χ0n) is 19.5.